The zero-order valence-electron chi connectivity index (χ0n) is 21.0. The molecule has 0 saturated heterocycles. The van der Waals surface area contributed by atoms with Crippen LogP contribution in [0.3, 0.4) is 0 Å². The van der Waals surface area contributed by atoms with Crippen LogP contribution in [0.4, 0.5) is 5.69 Å². The second-order valence-electron chi connectivity index (χ2n) is 8.64. The number of para-hydroxylation sites is 1. The third-order valence-corrected chi connectivity index (χ3v) is 7.74. The molecule has 8 nitrogen and oxygen atoms in total. The van der Waals surface area contributed by atoms with Crippen LogP contribution in [0.25, 0.3) is 16.5 Å². The van der Waals surface area contributed by atoms with Crippen molar-refractivity contribution in [3.63, 3.8) is 0 Å². The number of hydrogen-bond acceptors (Lipinski definition) is 7. The van der Waals surface area contributed by atoms with E-state index < -0.39 is 5.25 Å². The fraction of sp³-hybridized carbons (Fsp3) is 0.103. The zero-order chi connectivity index (χ0) is 27.2. The number of phenolic OH excluding ortho intramolecular Hbond substituents is 1. The van der Waals surface area contributed by atoms with Crippen molar-refractivity contribution >= 4 is 62.9 Å². The van der Waals surface area contributed by atoms with Crippen molar-refractivity contribution in [3.05, 3.63) is 106 Å². The third-order valence-electron chi connectivity index (χ3n) is 5.98. The molecule has 1 unspecified atom stereocenters. The number of hydrazone groups is 1. The summed E-state index contributed by atoms with van der Waals surface area (Å²) in [5.41, 5.74) is 5.02. The van der Waals surface area contributed by atoms with Gasteiger partial charge in [-0.25, -0.2) is 5.43 Å². The molecular formula is C29H25IN6O2S. The fourth-order valence-corrected chi connectivity index (χ4v) is 5.20. The molecule has 39 heavy (non-hydrogen) atoms. The smallest absolute Gasteiger partial charge is 0.253 e. The summed E-state index contributed by atoms with van der Waals surface area (Å²) in [7, 11) is 0. The van der Waals surface area contributed by atoms with Gasteiger partial charge in [0.1, 0.15) is 5.75 Å². The highest BCUT2D eigenvalue weighted by Crippen LogP contribution is 2.27. The Hall–Kier alpha value is -3.90. The maximum absolute atomic E-state index is 12.9. The summed E-state index contributed by atoms with van der Waals surface area (Å²) in [5, 5.41) is 28.6. The summed E-state index contributed by atoms with van der Waals surface area (Å²) in [6.45, 7) is 2.25. The number of carbonyl (C=O) groups is 1. The number of aromatic nitrogens is 3. The molecule has 0 aliphatic heterocycles. The van der Waals surface area contributed by atoms with Gasteiger partial charge in [0.05, 0.1) is 18.0 Å². The van der Waals surface area contributed by atoms with Crippen molar-refractivity contribution in [2.24, 2.45) is 5.10 Å². The van der Waals surface area contributed by atoms with Crippen LogP contribution in [0, 0.1) is 3.57 Å². The van der Waals surface area contributed by atoms with Gasteiger partial charge in [-0.2, -0.15) is 5.10 Å². The van der Waals surface area contributed by atoms with Gasteiger partial charge in [-0.1, -0.05) is 60.3 Å². The average Bonchev–Trinajstić information content (AvgIpc) is 3.36. The molecule has 0 spiro atoms. The molecular weight excluding hydrogens is 623 g/mol. The number of anilines is 1. The van der Waals surface area contributed by atoms with Crippen molar-refractivity contribution in [2.75, 3.05) is 5.32 Å². The summed E-state index contributed by atoms with van der Waals surface area (Å²) in [6, 6.07) is 29.1. The summed E-state index contributed by atoms with van der Waals surface area (Å²) < 4.78 is 3.11. The van der Waals surface area contributed by atoms with Gasteiger partial charge in [-0.3, -0.25) is 9.36 Å². The van der Waals surface area contributed by atoms with E-state index in [-0.39, 0.29) is 11.7 Å². The lowest BCUT2D eigenvalue weighted by Gasteiger charge is -2.13. The predicted octanol–water partition coefficient (Wildman–Crippen LogP) is 5.97. The molecule has 0 saturated carbocycles. The lowest BCUT2D eigenvalue weighted by molar-refractivity contribution is -0.120. The molecule has 3 N–H and O–H groups in total. The van der Waals surface area contributed by atoms with Crippen LogP contribution >= 0.6 is 34.4 Å². The molecule has 0 fully saturated rings. The summed E-state index contributed by atoms with van der Waals surface area (Å²) in [6.07, 6.45) is 1.47. The van der Waals surface area contributed by atoms with E-state index in [4.69, 9.17) is 0 Å². The zero-order valence-corrected chi connectivity index (χ0v) is 23.9. The van der Waals surface area contributed by atoms with E-state index in [1.807, 2.05) is 89.5 Å². The van der Waals surface area contributed by atoms with Crippen LogP contribution in [0.15, 0.2) is 101 Å². The molecule has 10 heteroatoms. The molecule has 5 rings (SSSR count). The van der Waals surface area contributed by atoms with E-state index in [0.717, 1.165) is 31.5 Å². The van der Waals surface area contributed by atoms with Crippen molar-refractivity contribution in [2.45, 2.75) is 23.9 Å². The number of hydrogen-bond donors (Lipinski definition) is 3. The topological polar surface area (TPSA) is 104 Å². The minimum atomic E-state index is -0.507. The number of nitrogens with one attached hydrogen (secondary N) is 2. The first-order chi connectivity index (χ1) is 19.0. The molecule has 0 aliphatic rings. The van der Waals surface area contributed by atoms with Gasteiger partial charge in [0.25, 0.3) is 5.91 Å². The van der Waals surface area contributed by atoms with E-state index in [1.165, 1.54) is 18.0 Å². The number of fused-ring (bicyclic) bond motifs is 1. The van der Waals surface area contributed by atoms with Crippen LogP contribution in [-0.2, 0) is 11.3 Å². The Morgan fingerprint density at radius 3 is 2.56 bits per heavy atom. The normalized spacial score (nSPS) is 12.1. The second kappa shape index (κ2) is 12.3. The van der Waals surface area contributed by atoms with E-state index >= 15 is 0 Å². The van der Waals surface area contributed by atoms with Gasteiger partial charge in [-0.05, 0) is 82.8 Å². The third kappa shape index (κ3) is 6.40. The van der Waals surface area contributed by atoms with Gasteiger partial charge in [0.2, 0.25) is 0 Å². The molecule has 1 heterocycles. The van der Waals surface area contributed by atoms with Crippen LogP contribution in [-0.4, -0.2) is 37.2 Å². The minimum Gasteiger partial charge on any atom is -0.507 e. The van der Waals surface area contributed by atoms with Crippen molar-refractivity contribution < 1.29 is 9.90 Å². The van der Waals surface area contributed by atoms with E-state index in [1.54, 1.807) is 13.0 Å². The molecule has 196 valence electrons. The summed E-state index contributed by atoms with van der Waals surface area (Å²) in [4.78, 5) is 12.9. The number of phenols is 1. The number of carbonyl (C=O) groups excluding carboxylic acids is 1. The molecule has 0 bridgehead atoms. The van der Waals surface area contributed by atoms with Crippen LogP contribution in [0.1, 0.15) is 18.3 Å². The molecule has 5 aromatic rings. The molecule has 0 radical (unpaired) electrons. The number of rotatable bonds is 9. The highest BCUT2D eigenvalue weighted by molar-refractivity contribution is 14.1. The lowest BCUT2D eigenvalue weighted by Crippen LogP contribution is -2.27. The minimum absolute atomic E-state index is 0.0939. The number of aromatic hydroxyl groups is 1. The van der Waals surface area contributed by atoms with Crippen molar-refractivity contribution in [1.82, 2.24) is 20.2 Å². The fourth-order valence-electron chi connectivity index (χ4n) is 3.96. The highest BCUT2D eigenvalue weighted by Gasteiger charge is 2.21. The monoisotopic (exact) mass is 648 g/mol. The summed E-state index contributed by atoms with van der Waals surface area (Å²) >= 11 is 3.57. The first-order valence-electron chi connectivity index (χ1n) is 12.2. The van der Waals surface area contributed by atoms with Gasteiger partial charge in [-0.15, -0.1) is 10.2 Å². The molecule has 4 aromatic carbocycles. The van der Waals surface area contributed by atoms with Crippen molar-refractivity contribution in [1.29, 1.82) is 0 Å². The van der Waals surface area contributed by atoms with Crippen LogP contribution in [0.5, 0.6) is 5.75 Å². The number of halogens is 1. The van der Waals surface area contributed by atoms with Gasteiger partial charge < -0.3 is 10.4 Å². The average molecular weight is 649 g/mol. The number of nitrogens with zero attached hydrogens (tertiary/aromatic N) is 4. The quantitative estimate of drug-likeness (QED) is 0.0788. The Bertz CT molecular complexity index is 1620. The van der Waals surface area contributed by atoms with Crippen molar-refractivity contribution in [3.8, 4) is 11.4 Å². The van der Waals surface area contributed by atoms with Crippen LogP contribution < -0.4 is 10.7 Å². The molecule has 1 atom stereocenters. The van der Waals surface area contributed by atoms with Gasteiger partial charge >= 0.3 is 0 Å². The molecule has 1 aromatic heterocycles. The standard InChI is InChI=1S/C29H25IN6O2S/c1-19(28(38)34-32-17-25-24-10-6-5-7-20(24)11-16-26(25)37)39-29-35-33-27(36(29)23-8-3-2-4-9-23)18-31-22-14-12-21(30)13-15-22/h2-17,19,31,37H,18H2,1H3,(H,34,38)/b32-17+. The Morgan fingerprint density at radius 2 is 1.77 bits per heavy atom. The maximum atomic E-state index is 12.9. The molecule has 0 aliphatic carbocycles. The predicted molar refractivity (Wildman–Crippen MR) is 165 cm³/mol. The summed E-state index contributed by atoms with van der Waals surface area (Å²) in [5.74, 6) is 0.521. The first-order valence-corrected chi connectivity index (χ1v) is 14.1. The second-order valence-corrected chi connectivity index (χ2v) is 11.2. The van der Waals surface area contributed by atoms with E-state index in [2.05, 4.69) is 48.6 Å². The Balaban J connectivity index is 1.30. The Morgan fingerprint density at radius 1 is 1.03 bits per heavy atom. The number of thioether (sulfide) groups is 1. The van der Waals surface area contributed by atoms with E-state index in [0.29, 0.717) is 17.3 Å². The maximum Gasteiger partial charge on any atom is 0.253 e. The van der Waals surface area contributed by atoms with Gasteiger partial charge in [0.15, 0.2) is 11.0 Å². The Labute approximate surface area is 243 Å². The van der Waals surface area contributed by atoms with E-state index in [9.17, 15) is 9.90 Å². The lowest BCUT2D eigenvalue weighted by atomic mass is 10.0. The largest absolute Gasteiger partial charge is 0.507 e. The number of benzene rings is 4. The van der Waals surface area contributed by atoms with Gasteiger partial charge in [0, 0.05) is 20.5 Å². The molecule has 1 amide bonds. The first kappa shape index (κ1) is 26.7. The SMILES string of the molecule is CC(Sc1nnc(CNc2ccc(I)cc2)n1-c1ccccc1)C(=O)N/N=C/c1c(O)ccc2ccccc12. The Kier molecular flexibility index (Phi) is 8.42. The number of amides is 1. The highest BCUT2D eigenvalue weighted by atomic mass is 127. The van der Waals surface area contributed by atoms with Crippen LogP contribution in [0.2, 0.25) is 0 Å².